The van der Waals surface area contributed by atoms with Gasteiger partial charge in [-0.15, -0.1) is 0 Å². The van der Waals surface area contributed by atoms with E-state index in [2.05, 4.69) is 26.2 Å². The Bertz CT molecular complexity index is 331. The molecule has 1 amide bonds. The van der Waals surface area contributed by atoms with Gasteiger partial charge in [0.25, 0.3) is 5.91 Å². The number of nitrogens with zero attached hydrogens (tertiary/aromatic N) is 1. The molecule has 0 unspecified atom stereocenters. The summed E-state index contributed by atoms with van der Waals surface area (Å²) in [5.74, 6) is -0.184. The highest BCUT2D eigenvalue weighted by Gasteiger charge is 2.05. The van der Waals surface area contributed by atoms with E-state index in [4.69, 9.17) is 4.74 Å². The summed E-state index contributed by atoms with van der Waals surface area (Å²) in [6.45, 7) is 3.60. The smallest absolute Gasteiger partial charge is 0.270 e. The lowest BCUT2D eigenvalue weighted by molar-refractivity contribution is 0.0917. The number of hydrogen-bond acceptors (Lipinski definition) is 3. The van der Waals surface area contributed by atoms with Crippen molar-refractivity contribution in [1.29, 1.82) is 0 Å². The predicted octanol–water partition coefficient (Wildman–Crippen LogP) is 1.61. The third kappa shape index (κ3) is 4.40. The molecule has 1 heterocycles. The lowest BCUT2D eigenvalue weighted by Crippen LogP contribution is -2.28. The molecule has 0 saturated carbocycles. The van der Waals surface area contributed by atoms with Gasteiger partial charge in [-0.1, -0.05) is 6.07 Å². The van der Waals surface area contributed by atoms with Gasteiger partial charge in [0.15, 0.2) is 0 Å². The number of amides is 1. The number of carbonyl (C=O) groups excluding carboxylic acids is 1. The maximum atomic E-state index is 11.5. The first-order chi connectivity index (χ1) is 7.24. The van der Waals surface area contributed by atoms with Gasteiger partial charge in [-0.25, -0.2) is 4.98 Å². The second-order valence-corrected chi connectivity index (χ2v) is 3.61. The summed E-state index contributed by atoms with van der Waals surface area (Å²) < 4.78 is 5.75. The van der Waals surface area contributed by atoms with E-state index in [0.717, 1.165) is 0 Å². The summed E-state index contributed by atoms with van der Waals surface area (Å²) in [5.41, 5.74) is 0.404. The zero-order chi connectivity index (χ0) is 11.1. The quantitative estimate of drug-likeness (QED) is 0.655. The zero-order valence-electron chi connectivity index (χ0n) is 8.50. The number of pyridine rings is 1. The zero-order valence-corrected chi connectivity index (χ0v) is 10.1. The number of nitrogens with one attached hydrogen (secondary N) is 1. The van der Waals surface area contributed by atoms with Crippen LogP contribution in [0.2, 0.25) is 0 Å². The van der Waals surface area contributed by atoms with Crippen LogP contribution in [0.3, 0.4) is 0 Å². The second-order valence-electron chi connectivity index (χ2n) is 2.80. The van der Waals surface area contributed by atoms with E-state index in [1.54, 1.807) is 18.2 Å². The van der Waals surface area contributed by atoms with Crippen LogP contribution in [0, 0.1) is 0 Å². The molecule has 0 atom stereocenters. The molecule has 0 saturated heterocycles. The molecule has 0 aliphatic heterocycles. The van der Waals surface area contributed by atoms with Crippen molar-refractivity contribution in [3.8, 4) is 0 Å². The summed E-state index contributed by atoms with van der Waals surface area (Å²) in [4.78, 5) is 15.5. The van der Waals surface area contributed by atoms with Gasteiger partial charge in [0.05, 0.1) is 6.61 Å². The summed E-state index contributed by atoms with van der Waals surface area (Å²) >= 11 is 3.21. The maximum Gasteiger partial charge on any atom is 0.270 e. The van der Waals surface area contributed by atoms with E-state index in [1.165, 1.54) is 0 Å². The average molecular weight is 273 g/mol. The molecular formula is C10H13BrN2O2. The molecule has 0 spiro atoms. The van der Waals surface area contributed by atoms with Crippen molar-refractivity contribution in [2.75, 3.05) is 19.8 Å². The largest absolute Gasteiger partial charge is 0.380 e. The topological polar surface area (TPSA) is 51.2 Å². The third-order valence-corrected chi connectivity index (χ3v) is 2.13. The van der Waals surface area contributed by atoms with Crippen LogP contribution in [0.4, 0.5) is 0 Å². The van der Waals surface area contributed by atoms with E-state index in [9.17, 15) is 4.79 Å². The lowest BCUT2D eigenvalue weighted by atomic mass is 10.3. The monoisotopic (exact) mass is 272 g/mol. The van der Waals surface area contributed by atoms with E-state index in [1.807, 2.05) is 6.92 Å². The number of hydrogen-bond donors (Lipinski definition) is 1. The maximum absolute atomic E-state index is 11.5. The summed E-state index contributed by atoms with van der Waals surface area (Å²) in [7, 11) is 0. The van der Waals surface area contributed by atoms with Gasteiger partial charge in [0, 0.05) is 13.2 Å². The molecule has 1 aromatic rings. The Morgan fingerprint density at radius 1 is 1.60 bits per heavy atom. The Morgan fingerprint density at radius 3 is 3.07 bits per heavy atom. The number of halogens is 1. The van der Waals surface area contributed by atoms with Gasteiger partial charge in [-0.3, -0.25) is 4.79 Å². The number of rotatable bonds is 5. The summed E-state index contributed by atoms with van der Waals surface area (Å²) in [6.07, 6.45) is 0. The first-order valence-corrected chi connectivity index (χ1v) is 5.52. The first kappa shape index (κ1) is 12.1. The van der Waals surface area contributed by atoms with E-state index in [0.29, 0.717) is 30.1 Å². The number of ether oxygens (including phenoxy) is 1. The average Bonchev–Trinajstić information content (AvgIpc) is 2.24. The first-order valence-electron chi connectivity index (χ1n) is 4.72. The number of aromatic nitrogens is 1. The van der Waals surface area contributed by atoms with Crippen molar-refractivity contribution in [2.45, 2.75) is 6.92 Å². The molecule has 5 heteroatoms. The van der Waals surface area contributed by atoms with Crippen molar-refractivity contribution < 1.29 is 9.53 Å². The SMILES string of the molecule is CCOCCNC(=O)c1cccc(Br)n1. The van der Waals surface area contributed by atoms with Crippen LogP contribution in [0.1, 0.15) is 17.4 Å². The van der Waals surface area contributed by atoms with Crippen molar-refractivity contribution in [3.05, 3.63) is 28.5 Å². The van der Waals surface area contributed by atoms with Crippen molar-refractivity contribution in [3.63, 3.8) is 0 Å². The fourth-order valence-corrected chi connectivity index (χ4v) is 1.35. The highest BCUT2D eigenvalue weighted by Crippen LogP contribution is 2.05. The van der Waals surface area contributed by atoms with Crippen LogP contribution in [-0.4, -0.2) is 30.6 Å². The molecule has 1 aromatic heterocycles. The molecule has 1 rings (SSSR count). The van der Waals surface area contributed by atoms with Gasteiger partial charge in [-0.05, 0) is 35.0 Å². The molecule has 0 aromatic carbocycles. The Morgan fingerprint density at radius 2 is 2.40 bits per heavy atom. The van der Waals surface area contributed by atoms with Gasteiger partial charge >= 0.3 is 0 Å². The minimum atomic E-state index is -0.184. The molecule has 1 N–H and O–H groups in total. The van der Waals surface area contributed by atoms with Crippen molar-refractivity contribution in [2.24, 2.45) is 0 Å². The fourth-order valence-electron chi connectivity index (χ4n) is 1.01. The summed E-state index contributed by atoms with van der Waals surface area (Å²) in [5, 5.41) is 2.71. The van der Waals surface area contributed by atoms with Gasteiger partial charge in [0.1, 0.15) is 10.3 Å². The lowest BCUT2D eigenvalue weighted by Gasteiger charge is -2.04. The third-order valence-electron chi connectivity index (χ3n) is 1.68. The minimum Gasteiger partial charge on any atom is -0.380 e. The molecule has 15 heavy (non-hydrogen) atoms. The van der Waals surface area contributed by atoms with Crippen molar-refractivity contribution in [1.82, 2.24) is 10.3 Å². The Balaban J connectivity index is 2.40. The van der Waals surface area contributed by atoms with Crippen LogP contribution in [0.25, 0.3) is 0 Å². The van der Waals surface area contributed by atoms with Gasteiger partial charge < -0.3 is 10.1 Å². The predicted molar refractivity (Wildman–Crippen MR) is 60.8 cm³/mol. The molecule has 0 aliphatic rings. The van der Waals surface area contributed by atoms with E-state index >= 15 is 0 Å². The molecule has 4 nitrogen and oxygen atoms in total. The van der Waals surface area contributed by atoms with Gasteiger partial charge in [-0.2, -0.15) is 0 Å². The highest BCUT2D eigenvalue weighted by atomic mass is 79.9. The molecule has 0 fully saturated rings. The molecule has 82 valence electrons. The standard InChI is InChI=1S/C10H13BrN2O2/c1-2-15-7-6-12-10(14)8-4-3-5-9(11)13-8/h3-5H,2,6-7H2,1H3,(H,12,14). The summed E-state index contributed by atoms with van der Waals surface area (Å²) in [6, 6.07) is 5.21. The second kappa shape index (κ2) is 6.53. The van der Waals surface area contributed by atoms with Crippen LogP contribution in [0.5, 0.6) is 0 Å². The molecular weight excluding hydrogens is 260 g/mol. The minimum absolute atomic E-state index is 0.184. The Labute approximate surface area is 97.2 Å². The fraction of sp³-hybridized carbons (Fsp3) is 0.400. The van der Waals surface area contributed by atoms with Crippen LogP contribution < -0.4 is 5.32 Å². The van der Waals surface area contributed by atoms with Crippen molar-refractivity contribution >= 4 is 21.8 Å². The Kier molecular flexibility index (Phi) is 5.28. The van der Waals surface area contributed by atoms with Crippen LogP contribution in [-0.2, 0) is 4.74 Å². The van der Waals surface area contributed by atoms with E-state index < -0.39 is 0 Å². The molecule has 0 bridgehead atoms. The number of carbonyl (C=O) groups is 1. The van der Waals surface area contributed by atoms with Crippen LogP contribution in [0.15, 0.2) is 22.8 Å². The van der Waals surface area contributed by atoms with E-state index in [-0.39, 0.29) is 5.91 Å². The molecule has 0 radical (unpaired) electrons. The highest BCUT2D eigenvalue weighted by molar-refractivity contribution is 9.10. The van der Waals surface area contributed by atoms with Gasteiger partial charge in [0.2, 0.25) is 0 Å². The molecule has 0 aliphatic carbocycles. The Hall–Kier alpha value is -0.940. The van der Waals surface area contributed by atoms with Crippen LogP contribution >= 0.6 is 15.9 Å². The normalized spacial score (nSPS) is 10.0.